The molecule has 1 amide bonds. The Morgan fingerprint density at radius 2 is 1.87 bits per heavy atom. The number of alkyl halides is 3. The maximum Gasteiger partial charge on any atom is 0.416 e. The Bertz CT molecular complexity index is 1150. The number of carbonyl (C=O) groups is 1. The highest BCUT2D eigenvalue weighted by Gasteiger charge is 2.30. The monoisotopic (exact) mass is 429 g/mol. The van der Waals surface area contributed by atoms with E-state index in [9.17, 15) is 22.8 Å². The molecular formula is C21H18F3N5O2. The lowest BCUT2D eigenvalue weighted by Gasteiger charge is -2.18. The molecule has 0 saturated carbocycles. The van der Waals surface area contributed by atoms with Crippen molar-refractivity contribution in [3.8, 4) is 0 Å². The molecule has 0 radical (unpaired) electrons. The van der Waals surface area contributed by atoms with Crippen LogP contribution >= 0.6 is 0 Å². The Labute approximate surface area is 175 Å². The maximum absolute atomic E-state index is 12.7. The first-order valence-electron chi connectivity index (χ1n) is 9.47. The fourth-order valence-corrected chi connectivity index (χ4v) is 3.40. The summed E-state index contributed by atoms with van der Waals surface area (Å²) in [7, 11) is 0. The molecule has 0 aliphatic carbocycles. The third-order valence-corrected chi connectivity index (χ3v) is 5.07. The van der Waals surface area contributed by atoms with Gasteiger partial charge in [-0.3, -0.25) is 19.6 Å². The van der Waals surface area contributed by atoms with Gasteiger partial charge in [0.1, 0.15) is 5.69 Å². The summed E-state index contributed by atoms with van der Waals surface area (Å²) in [6.07, 6.45) is -0.998. The molecule has 2 N–H and O–H groups in total. The smallest absolute Gasteiger partial charge is 0.344 e. The van der Waals surface area contributed by atoms with Crippen LogP contribution in [0, 0.1) is 0 Å². The van der Waals surface area contributed by atoms with Gasteiger partial charge in [-0.1, -0.05) is 12.1 Å². The Morgan fingerprint density at radius 3 is 2.55 bits per heavy atom. The summed E-state index contributed by atoms with van der Waals surface area (Å²) in [5, 5.41) is 2.67. The van der Waals surface area contributed by atoms with Gasteiger partial charge in [0.2, 0.25) is 5.95 Å². The van der Waals surface area contributed by atoms with Crippen molar-refractivity contribution in [2.75, 3.05) is 4.90 Å². The van der Waals surface area contributed by atoms with Crippen LogP contribution in [0.15, 0.2) is 53.6 Å². The molecule has 160 valence electrons. The van der Waals surface area contributed by atoms with Crippen molar-refractivity contribution >= 4 is 11.9 Å². The third kappa shape index (κ3) is 4.42. The van der Waals surface area contributed by atoms with Crippen molar-refractivity contribution in [3.05, 3.63) is 87.1 Å². The summed E-state index contributed by atoms with van der Waals surface area (Å²) in [4.78, 5) is 37.6. The van der Waals surface area contributed by atoms with Crippen LogP contribution in [-0.2, 0) is 19.3 Å². The quantitative estimate of drug-likeness (QED) is 0.665. The first kappa shape index (κ1) is 20.6. The highest BCUT2D eigenvalue weighted by atomic mass is 19.4. The fourth-order valence-electron chi connectivity index (χ4n) is 3.40. The highest BCUT2D eigenvalue weighted by molar-refractivity contribution is 5.92. The van der Waals surface area contributed by atoms with Crippen molar-refractivity contribution < 1.29 is 18.0 Å². The van der Waals surface area contributed by atoms with Crippen LogP contribution in [0.3, 0.4) is 0 Å². The number of rotatable bonds is 4. The van der Waals surface area contributed by atoms with Gasteiger partial charge in [0, 0.05) is 31.5 Å². The van der Waals surface area contributed by atoms with Crippen LogP contribution < -0.4 is 15.8 Å². The number of aromatic amines is 1. The van der Waals surface area contributed by atoms with Crippen LogP contribution in [0.4, 0.5) is 19.1 Å². The van der Waals surface area contributed by atoms with E-state index in [2.05, 4.69) is 20.3 Å². The van der Waals surface area contributed by atoms with Crippen LogP contribution in [-0.4, -0.2) is 20.9 Å². The lowest BCUT2D eigenvalue weighted by molar-refractivity contribution is -0.137. The first-order chi connectivity index (χ1) is 14.7. The van der Waals surface area contributed by atoms with Gasteiger partial charge in [-0.25, -0.2) is 4.98 Å². The van der Waals surface area contributed by atoms with E-state index in [1.165, 1.54) is 12.1 Å². The number of carbonyl (C=O) groups excluding carboxylic acids is 1. The second kappa shape index (κ2) is 7.86. The number of benzene rings is 1. The van der Waals surface area contributed by atoms with E-state index in [-0.39, 0.29) is 11.6 Å². The molecule has 0 bridgehead atoms. The molecule has 1 atom stereocenters. The molecule has 4 rings (SSSR count). The average Bonchev–Trinajstić information content (AvgIpc) is 3.17. The Hall–Kier alpha value is -3.69. The molecule has 7 nitrogen and oxygen atoms in total. The van der Waals surface area contributed by atoms with E-state index in [1.54, 1.807) is 19.3 Å². The van der Waals surface area contributed by atoms with E-state index < -0.39 is 29.2 Å². The van der Waals surface area contributed by atoms with Crippen molar-refractivity contribution in [3.63, 3.8) is 0 Å². The molecule has 0 fully saturated rings. The fraction of sp³-hybridized carbons (Fsp3) is 0.238. The predicted octanol–water partition coefficient (Wildman–Crippen LogP) is 3.19. The summed E-state index contributed by atoms with van der Waals surface area (Å²) in [5.74, 6) is -0.339. The third-order valence-electron chi connectivity index (χ3n) is 5.07. The van der Waals surface area contributed by atoms with E-state index in [1.807, 2.05) is 11.0 Å². The first-order valence-corrected chi connectivity index (χ1v) is 9.47. The number of nitrogens with zero attached hydrogens (tertiary/aromatic N) is 3. The molecule has 0 spiro atoms. The van der Waals surface area contributed by atoms with Gasteiger partial charge < -0.3 is 10.2 Å². The number of anilines is 1. The number of fused-ring (bicyclic) bond motifs is 1. The van der Waals surface area contributed by atoms with Gasteiger partial charge >= 0.3 is 6.18 Å². The Morgan fingerprint density at radius 1 is 1.16 bits per heavy atom. The SMILES string of the molecule is C[C@@H](NC(=O)c1cc(=O)[nH]c(N2Cc3ccncc3C2)n1)c1ccc(C(F)(F)F)cc1. The number of halogens is 3. The van der Waals surface area contributed by atoms with Crippen LogP contribution in [0.25, 0.3) is 0 Å². The number of hydrogen-bond acceptors (Lipinski definition) is 5. The maximum atomic E-state index is 12.7. The number of hydrogen-bond donors (Lipinski definition) is 2. The Balaban J connectivity index is 1.49. The van der Waals surface area contributed by atoms with E-state index in [4.69, 9.17) is 0 Å². The summed E-state index contributed by atoms with van der Waals surface area (Å²) in [6.45, 7) is 2.66. The van der Waals surface area contributed by atoms with Crippen molar-refractivity contribution in [2.45, 2.75) is 32.2 Å². The van der Waals surface area contributed by atoms with Gasteiger partial charge in [0.25, 0.3) is 11.5 Å². The molecule has 3 heterocycles. The van der Waals surface area contributed by atoms with Gasteiger partial charge in [-0.05, 0) is 41.8 Å². The molecular weight excluding hydrogens is 411 g/mol. The van der Waals surface area contributed by atoms with Gasteiger partial charge in [0.15, 0.2) is 0 Å². The zero-order valence-electron chi connectivity index (χ0n) is 16.4. The average molecular weight is 429 g/mol. The van der Waals surface area contributed by atoms with Crippen LogP contribution in [0.1, 0.15) is 45.7 Å². The second-order valence-electron chi connectivity index (χ2n) is 7.27. The molecule has 0 saturated heterocycles. The second-order valence-corrected chi connectivity index (χ2v) is 7.27. The summed E-state index contributed by atoms with van der Waals surface area (Å²) < 4.78 is 38.2. The standard InChI is InChI=1S/C21H18F3N5O2/c1-12(13-2-4-16(5-3-13)21(22,23)24)26-19(31)17-8-18(30)28-20(27-17)29-10-14-6-7-25-9-15(14)11-29/h2-9,12H,10-11H2,1H3,(H,26,31)(H,27,28,30)/t12-/m1/s1. The zero-order chi connectivity index (χ0) is 22.2. The molecule has 1 aliphatic rings. The van der Waals surface area contributed by atoms with E-state index in [0.717, 1.165) is 29.3 Å². The van der Waals surface area contributed by atoms with Crippen LogP contribution in [0.2, 0.25) is 0 Å². The lowest BCUT2D eigenvalue weighted by Crippen LogP contribution is -2.30. The largest absolute Gasteiger partial charge is 0.416 e. The minimum Gasteiger partial charge on any atom is -0.344 e. The molecule has 2 aromatic heterocycles. The van der Waals surface area contributed by atoms with Crippen molar-refractivity contribution in [1.82, 2.24) is 20.3 Å². The predicted molar refractivity (Wildman–Crippen MR) is 106 cm³/mol. The van der Waals surface area contributed by atoms with E-state index >= 15 is 0 Å². The van der Waals surface area contributed by atoms with E-state index in [0.29, 0.717) is 18.7 Å². The lowest BCUT2D eigenvalue weighted by atomic mass is 10.1. The summed E-state index contributed by atoms with van der Waals surface area (Å²) in [5.41, 5.74) is 1.24. The number of nitrogens with one attached hydrogen (secondary N) is 2. The van der Waals surface area contributed by atoms with Crippen molar-refractivity contribution in [1.29, 1.82) is 0 Å². The molecule has 31 heavy (non-hydrogen) atoms. The number of amides is 1. The highest BCUT2D eigenvalue weighted by Crippen LogP contribution is 2.30. The van der Waals surface area contributed by atoms with Crippen molar-refractivity contribution in [2.24, 2.45) is 0 Å². The number of H-pyrrole nitrogens is 1. The van der Waals surface area contributed by atoms with Crippen LogP contribution in [0.5, 0.6) is 0 Å². The van der Waals surface area contributed by atoms with Gasteiger partial charge in [-0.2, -0.15) is 13.2 Å². The number of aromatic nitrogens is 3. The minimum absolute atomic E-state index is 0.0772. The normalized spacial score (nSPS) is 14.3. The molecule has 0 unspecified atom stereocenters. The molecule has 1 aliphatic heterocycles. The van der Waals surface area contributed by atoms with Gasteiger partial charge in [-0.15, -0.1) is 0 Å². The molecule has 1 aromatic carbocycles. The minimum atomic E-state index is -4.43. The molecule has 10 heteroatoms. The zero-order valence-corrected chi connectivity index (χ0v) is 16.4. The molecule has 3 aromatic rings. The topological polar surface area (TPSA) is 91.0 Å². The van der Waals surface area contributed by atoms with Gasteiger partial charge in [0.05, 0.1) is 11.6 Å². The number of pyridine rings is 1. The Kier molecular flexibility index (Phi) is 5.22. The summed E-state index contributed by atoms with van der Waals surface area (Å²) in [6, 6.07) is 6.92. The summed E-state index contributed by atoms with van der Waals surface area (Å²) >= 11 is 0.